The largest absolute Gasteiger partial charge is 0.495 e. The van der Waals surface area contributed by atoms with Crippen molar-refractivity contribution in [3.8, 4) is 5.75 Å². The molecule has 0 aliphatic rings. The van der Waals surface area contributed by atoms with E-state index in [9.17, 15) is 9.18 Å². The van der Waals surface area contributed by atoms with Crippen LogP contribution in [0.15, 0.2) is 39.3 Å². The second kappa shape index (κ2) is 6.58. The summed E-state index contributed by atoms with van der Waals surface area (Å²) >= 11 is 6.55. The van der Waals surface area contributed by atoms with Crippen LogP contribution in [0.25, 0.3) is 0 Å². The number of hydrogen-bond acceptors (Lipinski definition) is 2. The summed E-state index contributed by atoms with van der Waals surface area (Å²) in [6.07, 6.45) is 0. The van der Waals surface area contributed by atoms with Crippen molar-refractivity contribution in [3.63, 3.8) is 0 Å². The monoisotopic (exact) mass is 415 g/mol. The highest BCUT2D eigenvalue weighted by molar-refractivity contribution is 9.10. The van der Waals surface area contributed by atoms with E-state index in [1.807, 2.05) is 13.0 Å². The molecule has 0 unspecified atom stereocenters. The first-order chi connectivity index (χ1) is 9.93. The summed E-state index contributed by atoms with van der Waals surface area (Å²) in [5.74, 6) is -0.623. The summed E-state index contributed by atoms with van der Waals surface area (Å²) in [5.41, 5.74) is 1.28. The van der Waals surface area contributed by atoms with Gasteiger partial charge in [0.1, 0.15) is 11.6 Å². The van der Waals surface area contributed by atoms with Gasteiger partial charge in [0.15, 0.2) is 0 Å². The van der Waals surface area contributed by atoms with Crippen LogP contribution in [0.4, 0.5) is 10.1 Å². The van der Waals surface area contributed by atoms with Crippen molar-refractivity contribution in [1.29, 1.82) is 0 Å². The fraction of sp³-hybridized carbons (Fsp3) is 0.133. The predicted molar refractivity (Wildman–Crippen MR) is 87.5 cm³/mol. The quantitative estimate of drug-likeness (QED) is 0.771. The summed E-state index contributed by atoms with van der Waals surface area (Å²) < 4.78 is 20.3. The summed E-state index contributed by atoms with van der Waals surface area (Å²) in [6, 6.07) is 7.96. The van der Waals surface area contributed by atoms with Crippen molar-refractivity contribution in [2.45, 2.75) is 6.92 Å². The van der Waals surface area contributed by atoms with Crippen molar-refractivity contribution >= 4 is 43.5 Å². The number of aryl methyl sites for hydroxylation is 1. The molecule has 0 fully saturated rings. The van der Waals surface area contributed by atoms with E-state index in [-0.39, 0.29) is 5.56 Å². The highest BCUT2D eigenvalue weighted by Crippen LogP contribution is 2.33. The minimum absolute atomic E-state index is 0.0399. The van der Waals surface area contributed by atoms with Crippen molar-refractivity contribution in [2.75, 3.05) is 12.4 Å². The van der Waals surface area contributed by atoms with Gasteiger partial charge in [-0.3, -0.25) is 4.79 Å². The Bertz CT molecular complexity index is 684. The third-order valence-corrected chi connectivity index (χ3v) is 4.03. The average molecular weight is 417 g/mol. The molecule has 0 atom stereocenters. The molecule has 1 amide bonds. The maximum absolute atomic E-state index is 13.8. The maximum atomic E-state index is 13.8. The van der Waals surface area contributed by atoms with Crippen molar-refractivity contribution in [2.24, 2.45) is 0 Å². The lowest BCUT2D eigenvalue weighted by atomic mass is 10.1. The number of methoxy groups -OCH3 is 1. The molecule has 2 rings (SSSR count). The van der Waals surface area contributed by atoms with Crippen LogP contribution in [-0.2, 0) is 0 Å². The minimum Gasteiger partial charge on any atom is -0.495 e. The number of anilines is 1. The Morgan fingerprint density at radius 3 is 2.62 bits per heavy atom. The standard InChI is InChI=1S/C15H12Br2FNO2/c1-8-6-9(16)7-12(21-2)14(8)19-15(20)13-10(17)4-3-5-11(13)18/h3-7H,1-2H3,(H,19,20). The van der Waals surface area contributed by atoms with Crippen LogP contribution < -0.4 is 10.1 Å². The van der Waals surface area contributed by atoms with Gasteiger partial charge >= 0.3 is 0 Å². The van der Waals surface area contributed by atoms with Gasteiger partial charge in [-0.05, 0) is 52.7 Å². The van der Waals surface area contributed by atoms with E-state index in [1.165, 1.54) is 19.2 Å². The molecule has 110 valence electrons. The lowest BCUT2D eigenvalue weighted by molar-refractivity contribution is 0.102. The van der Waals surface area contributed by atoms with Crippen LogP contribution in [-0.4, -0.2) is 13.0 Å². The van der Waals surface area contributed by atoms with E-state index in [0.29, 0.717) is 15.9 Å². The molecule has 3 nitrogen and oxygen atoms in total. The molecule has 0 saturated carbocycles. The molecule has 0 radical (unpaired) electrons. The molecule has 1 N–H and O–H groups in total. The van der Waals surface area contributed by atoms with Crippen molar-refractivity contribution in [1.82, 2.24) is 0 Å². The van der Waals surface area contributed by atoms with E-state index in [0.717, 1.165) is 10.0 Å². The fourth-order valence-electron chi connectivity index (χ4n) is 1.92. The van der Waals surface area contributed by atoms with Gasteiger partial charge in [-0.25, -0.2) is 4.39 Å². The minimum atomic E-state index is -0.587. The maximum Gasteiger partial charge on any atom is 0.259 e. The molecule has 6 heteroatoms. The van der Waals surface area contributed by atoms with Gasteiger partial charge in [0, 0.05) is 8.95 Å². The van der Waals surface area contributed by atoms with Crippen LogP contribution in [0.1, 0.15) is 15.9 Å². The second-order valence-electron chi connectivity index (χ2n) is 4.35. The third kappa shape index (κ3) is 3.44. The Morgan fingerprint density at radius 1 is 1.29 bits per heavy atom. The van der Waals surface area contributed by atoms with Gasteiger partial charge in [-0.15, -0.1) is 0 Å². The number of halogens is 3. The first-order valence-corrected chi connectivity index (χ1v) is 7.62. The lowest BCUT2D eigenvalue weighted by Crippen LogP contribution is -2.16. The molecule has 0 bridgehead atoms. The van der Waals surface area contributed by atoms with Gasteiger partial charge in [0.25, 0.3) is 5.91 Å². The normalized spacial score (nSPS) is 10.3. The summed E-state index contributed by atoms with van der Waals surface area (Å²) in [4.78, 5) is 12.3. The van der Waals surface area contributed by atoms with Crippen LogP contribution >= 0.6 is 31.9 Å². The zero-order valence-corrected chi connectivity index (χ0v) is 14.5. The van der Waals surface area contributed by atoms with E-state index < -0.39 is 11.7 Å². The van der Waals surface area contributed by atoms with E-state index in [2.05, 4.69) is 37.2 Å². The predicted octanol–water partition coefficient (Wildman–Crippen LogP) is 4.92. The summed E-state index contributed by atoms with van der Waals surface area (Å²) in [7, 11) is 1.51. The number of rotatable bonds is 3. The second-order valence-corrected chi connectivity index (χ2v) is 6.12. The van der Waals surface area contributed by atoms with Gasteiger partial charge in [0.05, 0.1) is 18.4 Å². The molecular weight excluding hydrogens is 405 g/mol. The van der Waals surface area contributed by atoms with E-state index >= 15 is 0 Å². The lowest BCUT2D eigenvalue weighted by Gasteiger charge is -2.14. The number of carbonyl (C=O) groups is 1. The average Bonchev–Trinajstić information content (AvgIpc) is 2.41. The Hall–Kier alpha value is -1.40. The number of nitrogens with one attached hydrogen (secondary N) is 1. The van der Waals surface area contributed by atoms with Gasteiger partial charge in [0.2, 0.25) is 0 Å². The van der Waals surface area contributed by atoms with Gasteiger partial charge in [-0.2, -0.15) is 0 Å². The molecule has 2 aromatic carbocycles. The first-order valence-electron chi connectivity index (χ1n) is 6.03. The van der Waals surface area contributed by atoms with Crippen molar-refractivity contribution in [3.05, 3.63) is 56.2 Å². The van der Waals surface area contributed by atoms with Crippen LogP contribution in [0, 0.1) is 12.7 Å². The zero-order valence-electron chi connectivity index (χ0n) is 11.3. The SMILES string of the molecule is COc1cc(Br)cc(C)c1NC(=O)c1c(F)cccc1Br. The van der Waals surface area contributed by atoms with Crippen LogP contribution in [0.2, 0.25) is 0 Å². The van der Waals surface area contributed by atoms with Crippen LogP contribution in [0.3, 0.4) is 0 Å². The number of ether oxygens (including phenoxy) is 1. The molecule has 0 aliphatic carbocycles. The Morgan fingerprint density at radius 2 is 2.00 bits per heavy atom. The molecule has 0 aromatic heterocycles. The molecule has 0 saturated heterocycles. The fourth-order valence-corrected chi connectivity index (χ4v) is 3.00. The van der Waals surface area contributed by atoms with E-state index in [1.54, 1.807) is 12.1 Å². The summed E-state index contributed by atoms with van der Waals surface area (Å²) in [6.45, 7) is 1.83. The molecule has 21 heavy (non-hydrogen) atoms. The number of carbonyl (C=O) groups excluding carboxylic acids is 1. The molecule has 0 aliphatic heterocycles. The smallest absolute Gasteiger partial charge is 0.259 e. The molecule has 0 heterocycles. The third-order valence-electron chi connectivity index (χ3n) is 2.91. The zero-order chi connectivity index (χ0) is 15.6. The number of hydrogen-bond donors (Lipinski definition) is 1. The van der Waals surface area contributed by atoms with Crippen molar-refractivity contribution < 1.29 is 13.9 Å². The molecule has 2 aromatic rings. The molecule has 0 spiro atoms. The Labute approximate surface area is 138 Å². The number of amides is 1. The Balaban J connectivity index is 2.41. The highest BCUT2D eigenvalue weighted by atomic mass is 79.9. The van der Waals surface area contributed by atoms with E-state index in [4.69, 9.17) is 4.74 Å². The van der Waals surface area contributed by atoms with Gasteiger partial charge < -0.3 is 10.1 Å². The van der Waals surface area contributed by atoms with Gasteiger partial charge in [-0.1, -0.05) is 22.0 Å². The molecular formula is C15H12Br2FNO2. The summed E-state index contributed by atoms with van der Waals surface area (Å²) in [5, 5.41) is 2.70. The first kappa shape index (κ1) is 16.0. The highest BCUT2D eigenvalue weighted by Gasteiger charge is 2.18. The Kier molecular flexibility index (Phi) is 5.00. The van der Waals surface area contributed by atoms with Crippen LogP contribution in [0.5, 0.6) is 5.75 Å². The topological polar surface area (TPSA) is 38.3 Å². The number of benzene rings is 2.